The molecule has 3 rings (SSSR count). The number of hydrogen-bond donors (Lipinski definition) is 0. The first-order valence-electron chi connectivity index (χ1n) is 7.94. The van der Waals surface area contributed by atoms with Crippen LogP contribution in [0, 0.1) is 0 Å². The van der Waals surface area contributed by atoms with E-state index in [2.05, 4.69) is 25.1 Å². The highest BCUT2D eigenvalue weighted by Gasteiger charge is 2.31. The summed E-state index contributed by atoms with van der Waals surface area (Å²) < 4.78 is 0.678. The number of nitrogens with zero attached hydrogens (tertiary/aromatic N) is 1. The summed E-state index contributed by atoms with van der Waals surface area (Å²) in [7, 11) is 0. The van der Waals surface area contributed by atoms with Gasteiger partial charge in [-0.05, 0) is 28.8 Å². The van der Waals surface area contributed by atoms with Crippen LogP contribution >= 0.6 is 24.0 Å². The predicted molar refractivity (Wildman–Crippen MR) is 103 cm³/mol. The Morgan fingerprint density at radius 1 is 1.13 bits per heavy atom. The van der Waals surface area contributed by atoms with Gasteiger partial charge in [0.25, 0.3) is 5.91 Å². The molecule has 1 aliphatic heterocycles. The van der Waals surface area contributed by atoms with Crippen molar-refractivity contribution in [1.29, 1.82) is 0 Å². The van der Waals surface area contributed by atoms with E-state index in [1.165, 1.54) is 17.1 Å². The van der Waals surface area contributed by atoms with Crippen molar-refractivity contribution in [2.45, 2.75) is 26.2 Å². The third kappa shape index (κ3) is 3.48. The molecular weight excluding hydrogens is 322 g/mol. The van der Waals surface area contributed by atoms with Crippen LogP contribution in [0.3, 0.4) is 0 Å². The van der Waals surface area contributed by atoms with E-state index in [1.807, 2.05) is 30.3 Å². The Bertz CT molecular complexity index is 777. The predicted octanol–water partition coefficient (Wildman–Crippen LogP) is 5.23. The fourth-order valence-electron chi connectivity index (χ4n) is 2.73. The maximum atomic E-state index is 12.6. The minimum absolute atomic E-state index is 0.0454. The molecule has 23 heavy (non-hydrogen) atoms. The van der Waals surface area contributed by atoms with Gasteiger partial charge in [-0.2, -0.15) is 0 Å². The Balaban J connectivity index is 1.88. The van der Waals surface area contributed by atoms with Crippen molar-refractivity contribution in [3.05, 3.63) is 52.9 Å². The molecule has 0 aliphatic carbocycles. The normalized spacial score (nSPS) is 16.7. The summed E-state index contributed by atoms with van der Waals surface area (Å²) in [6.07, 6.45) is 5.24. The van der Waals surface area contributed by atoms with E-state index >= 15 is 0 Å². The summed E-state index contributed by atoms with van der Waals surface area (Å²) in [5, 5.41) is 2.34. The summed E-state index contributed by atoms with van der Waals surface area (Å²) in [6.45, 7) is 2.89. The zero-order valence-corrected chi connectivity index (χ0v) is 14.8. The van der Waals surface area contributed by atoms with Gasteiger partial charge < -0.3 is 0 Å². The summed E-state index contributed by atoms with van der Waals surface area (Å²) in [5.41, 5.74) is 1.07. The van der Waals surface area contributed by atoms with Gasteiger partial charge in [0, 0.05) is 6.54 Å². The fraction of sp³-hybridized carbons (Fsp3) is 0.263. The fourth-order valence-corrected chi connectivity index (χ4v) is 4.03. The molecule has 0 bridgehead atoms. The van der Waals surface area contributed by atoms with Gasteiger partial charge in [-0.1, -0.05) is 86.2 Å². The molecule has 1 aliphatic rings. The molecule has 2 aromatic carbocycles. The quantitative estimate of drug-likeness (QED) is 0.422. The Kier molecular flexibility index (Phi) is 5.13. The van der Waals surface area contributed by atoms with Gasteiger partial charge in [0.05, 0.1) is 4.91 Å². The molecule has 118 valence electrons. The van der Waals surface area contributed by atoms with Crippen LogP contribution in [0.4, 0.5) is 0 Å². The lowest BCUT2D eigenvalue weighted by Gasteiger charge is -2.13. The molecule has 0 N–H and O–H groups in total. The van der Waals surface area contributed by atoms with E-state index < -0.39 is 0 Å². The molecule has 2 nitrogen and oxygen atoms in total. The van der Waals surface area contributed by atoms with Crippen molar-refractivity contribution in [2.24, 2.45) is 0 Å². The zero-order valence-electron chi connectivity index (χ0n) is 13.1. The van der Waals surface area contributed by atoms with Crippen LogP contribution in [-0.4, -0.2) is 21.7 Å². The highest BCUT2D eigenvalue weighted by Crippen LogP contribution is 2.34. The van der Waals surface area contributed by atoms with Gasteiger partial charge in [0.15, 0.2) is 0 Å². The zero-order chi connectivity index (χ0) is 16.2. The molecule has 1 amide bonds. The monoisotopic (exact) mass is 341 g/mol. The third-order valence-electron chi connectivity index (χ3n) is 3.97. The van der Waals surface area contributed by atoms with Crippen molar-refractivity contribution in [1.82, 2.24) is 4.90 Å². The Morgan fingerprint density at radius 3 is 2.74 bits per heavy atom. The van der Waals surface area contributed by atoms with Gasteiger partial charge >= 0.3 is 0 Å². The number of hydrogen-bond acceptors (Lipinski definition) is 3. The van der Waals surface area contributed by atoms with Gasteiger partial charge in [0.1, 0.15) is 4.32 Å². The Morgan fingerprint density at radius 2 is 1.91 bits per heavy atom. The smallest absolute Gasteiger partial charge is 0.266 e. The van der Waals surface area contributed by atoms with E-state index in [-0.39, 0.29) is 5.91 Å². The standard InChI is InChI=1S/C19H19NOS2/c1-2-3-6-12-20-18(21)17(23-19(20)22)13-15-10-7-9-14-8-4-5-11-16(14)15/h4-5,7-11,13H,2-3,6,12H2,1H3/b17-13-. The molecule has 1 saturated heterocycles. The van der Waals surface area contributed by atoms with Crippen molar-refractivity contribution in [2.75, 3.05) is 6.54 Å². The van der Waals surface area contributed by atoms with Crippen molar-refractivity contribution in [3.8, 4) is 0 Å². The third-order valence-corrected chi connectivity index (χ3v) is 5.35. The lowest BCUT2D eigenvalue weighted by Crippen LogP contribution is -2.28. The Labute approximate surface area is 146 Å². The van der Waals surface area contributed by atoms with E-state index in [1.54, 1.807) is 4.90 Å². The van der Waals surface area contributed by atoms with Crippen LogP contribution in [0.1, 0.15) is 31.7 Å². The summed E-state index contributed by atoms with van der Waals surface area (Å²) in [5.74, 6) is 0.0454. The van der Waals surface area contributed by atoms with Crippen LogP contribution in [0.2, 0.25) is 0 Å². The van der Waals surface area contributed by atoms with Crippen LogP contribution in [0.5, 0.6) is 0 Å². The van der Waals surface area contributed by atoms with Gasteiger partial charge in [-0.25, -0.2) is 0 Å². The number of carbonyl (C=O) groups excluding carboxylic acids is 1. The van der Waals surface area contributed by atoms with Crippen molar-refractivity contribution >= 4 is 51.1 Å². The van der Waals surface area contributed by atoms with Gasteiger partial charge in [-0.15, -0.1) is 0 Å². The summed E-state index contributed by atoms with van der Waals surface area (Å²) in [6, 6.07) is 14.4. The van der Waals surface area contributed by atoms with Crippen molar-refractivity contribution < 1.29 is 4.79 Å². The average molecular weight is 342 g/mol. The topological polar surface area (TPSA) is 20.3 Å². The number of unbranched alkanes of at least 4 members (excludes halogenated alkanes) is 2. The van der Waals surface area contributed by atoms with E-state index in [4.69, 9.17) is 12.2 Å². The minimum Gasteiger partial charge on any atom is -0.293 e. The molecule has 4 heteroatoms. The second kappa shape index (κ2) is 7.28. The molecule has 1 fully saturated rings. The van der Waals surface area contributed by atoms with Gasteiger partial charge in [-0.3, -0.25) is 9.69 Å². The lowest BCUT2D eigenvalue weighted by molar-refractivity contribution is -0.122. The first-order chi connectivity index (χ1) is 11.2. The molecule has 0 aromatic heterocycles. The number of thioether (sulfide) groups is 1. The SMILES string of the molecule is CCCCCN1C(=O)/C(=C/c2cccc3ccccc23)SC1=S. The molecule has 1 heterocycles. The number of rotatable bonds is 5. The van der Waals surface area contributed by atoms with E-state index in [0.29, 0.717) is 4.32 Å². The first-order valence-corrected chi connectivity index (χ1v) is 9.16. The second-order valence-corrected chi connectivity index (χ2v) is 7.28. The highest BCUT2D eigenvalue weighted by molar-refractivity contribution is 8.26. The second-order valence-electron chi connectivity index (χ2n) is 5.61. The highest BCUT2D eigenvalue weighted by atomic mass is 32.2. The lowest BCUT2D eigenvalue weighted by atomic mass is 10.0. The Hall–Kier alpha value is -1.65. The molecule has 0 unspecified atom stereocenters. The number of benzene rings is 2. The van der Waals surface area contributed by atoms with Crippen LogP contribution in [0.25, 0.3) is 16.8 Å². The molecular formula is C19H19NOS2. The largest absolute Gasteiger partial charge is 0.293 e. The molecule has 0 radical (unpaired) electrons. The van der Waals surface area contributed by atoms with Crippen LogP contribution in [-0.2, 0) is 4.79 Å². The number of thiocarbonyl (C=S) groups is 1. The van der Waals surface area contributed by atoms with E-state index in [0.717, 1.165) is 41.7 Å². The molecule has 2 aromatic rings. The molecule has 0 atom stereocenters. The van der Waals surface area contributed by atoms with Crippen LogP contribution in [0.15, 0.2) is 47.4 Å². The number of amides is 1. The maximum absolute atomic E-state index is 12.6. The number of fused-ring (bicyclic) bond motifs is 1. The summed E-state index contributed by atoms with van der Waals surface area (Å²) >= 11 is 6.80. The van der Waals surface area contributed by atoms with Crippen molar-refractivity contribution in [3.63, 3.8) is 0 Å². The van der Waals surface area contributed by atoms with Gasteiger partial charge in [0.2, 0.25) is 0 Å². The summed E-state index contributed by atoms with van der Waals surface area (Å²) in [4.78, 5) is 15.1. The average Bonchev–Trinajstić information content (AvgIpc) is 2.83. The first kappa shape index (κ1) is 16.2. The molecule has 0 saturated carbocycles. The van der Waals surface area contributed by atoms with Crippen LogP contribution < -0.4 is 0 Å². The van der Waals surface area contributed by atoms with E-state index in [9.17, 15) is 4.79 Å². The number of carbonyl (C=O) groups is 1. The molecule has 0 spiro atoms. The minimum atomic E-state index is 0.0454. The maximum Gasteiger partial charge on any atom is 0.266 e.